The lowest BCUT2D eigenvalue weighted by Crippen LogP contribution is -2.29. The molecule has 3 nitrogen and oxygen atoms in total. The van der Waals surface area contributed by atoms with Gasteiger partial charge in [0.05, 0.1) is 10.6 Å². The second kappa shape index (κ2) is 4.27. The summed E-state index contributed by atoms with van der Waals surface area (Å²) < 4.78 is 0. The third kappa shape index (κ3) is 2.10. The lowest BCUT2D eigenvalue weighted by molar-refractivity contribution is 0.698. The molecule has 1 aromatic rings. The minimum Gasteiger partial charge on any atom is -0.352 e. The number of aromatic nitrogens is 2. The fraction of sp³-hybridized carbons (Fsp3) is 0.692. The van der Waals surface area contributed by atoms with E-state index in [9.17, 15) is 0 Å². The normalized spacial score (nSPS) is 22.1. The molecule has 18 heavy (non-hydrogen) atoms. The molecule has 2 fully saturated rings. The second-order valence-corrected chi connectivity index (χ2v) is 6.96. The first kappa shape index (κ1) is 11.4. The summed E-state index contributed by atoms with van der Waals surface area (Å²) in [5.41, 5.74) is 1.16. The summed E-state index contributed by atoms with van der Waals surface area (Å²) >= 11 is 7.99. The molecule has 0 amide bonds. The van der Waals surface area contributed by atoms with E-state index < -0.39 is 0 Å². The standard InChI is InChI=1S/C13H16ClN3S/c14-13-15-10-5-6-18-11(10)12(16-13)17(9-3-4-9)7-8-1-2-8/h8-9H,1-7H2. The van der Waals surface area contributed by atoms with Gasteiger partial charge in [0.25, 0.3) is 0 Å². The third-order valence-electron chi connectivity index (χ3n) is 3.89. The summed E-state index contributed by atoms with van der Waals surface area (Å²) in [6, 6.07) is 0.710. The molecule has 5 heteroatoms. The van der Waals surface area contributed by atoms with Crippen molar-refractivity contribution in [3.8, 4) is 0 Å². The van der Waals surface area contributed by atoms with Gasteiger partial charge in [-0.15, -0.1) is 11.8 Å². The third-order valence-corrected chi connectivity index (χ3v) is 5.17. The van der Waals surface area contributed by atoms with E-state index in [1.807, 2.05) is 11.8 Å². The van der Waals surface area contributed by atoms with Crippen LogP contribution in [0.2, 0.25) is 5.28 Å². The Hall–Kier alpha value is -0.480. The number of fused-ring (bicyclic) bond motifs is 1. The highest BCUT2D eigenvalue weighted by Gasteiger charge is 2.37. The lowest BCUT2D eigenvalue weighted by atomic mass is 10.3. The number of aryl methyl sites for hydroxylation is 1. The Morgan fingerprint density at radius 2 is 2.06 bits per heavy atom. The van der Waals surface area contributed by atoms with Crippen LogP contribution in [0, 0.1) is 5.92 Å². The second-order valence-electron chi connectivity index (χ2n) is 5.52. The fourth-order valence-corrected chi connectivity index (χ4v) is 3.88. The number of rotatable bonds is 4. The summed E-state index contributed by atoms with van der Waals surface area (Å²) in [6.45, 7) is 1.17. The van der Waals surface area contributed by atoms with Crippen molar-refractivity contribution in [2.75, 3.05) is 17.2 Å². The summed E-state index contributed by atoms with van der Waals surface area (Å²) in [6.07, 6.45) is 6.44. The molecule has 0 aromatic carbocycles. The summed E-state index contributed by atoms with van der Waals surface area (Å²) in [7, 11) is 0. The number of halogens is 1. The lowest BCUT2D eigenvalue weighted by Gasteiger charge is -2.25. The molecule has 0 bridgehead atoms. The van der Waals surface area contributed by atoms with Gasteiger partial charge in [-0.25, -0.2) is 4.98 Å². The molecule has 2 saturated carbocycles. The summed E-state index contributed by atoms with van der Waals surface area (Å²) in [5, 5.41) is 0.424. The van der Waals surface area contributed by atoms with Crippen molar-refractivity contribution in [2.24, 2.45) is 5.92 Å². The highest BCUT2D eigenvalue weighted by Crippen LogP contribution is 2.43. The zero-order chi connectivity index (χ0) is 12.1. The molecule has 0 unspecified atom stereocenters. The number of hydrogen-bond donors (Lipinski definition) is 0. The quantitative estimate of drug-likeness (QED) is 0.793. The number of nitrogens with zero attached hydrogens (tertiary/aromatic N) is 3. The maximum Gasteiger partial charge on any atom is 0.224 e. The van der Waals surface area contributed by atoms with Gasteiger partial charge in [-0.3, -0.25) is 0 Å². The topological polar surface area (TPSA) is 29.0 Å². The number of thioether (sulfide) groups is 1. The predicted octanol–water partition coefficient (Wildman–Crippen LogP) is 3.16. The van der Waals surface area contributed by atoms with Crippen molar-refractivity contribution >= 4 is 29.2 Å². The zero-order valence-electron chi connectivity index (χ0n) is 10.2. The van der Waals surface area contributed by atoms with Crippen LogP contribution in [-0.2, 0) is 6.42 Å². The minimum absolute atomic E-state index is 0.424. The molecular formula is C13H16ClN3S. The number of anilines is 1. The number of hydrogen-bond acceptors (Lipinski definition) is 4. The first-order valence-electron chi connectivity index (χ1n) is 6.77. The maximum absolute atomic E-state index is 6.09. The van der Waals surface area contributed by atoms with Gasteiger partial charge < -0.3 is 4.90 Å². The van der Waals surface area contributed by atoms with E-state index in [-0.39, 0.29) is 0 Å². The Balaban J connectivity index is 1.72. The van der Waals surface area contributed by atoms with Crippen molar-refractivity contribution in [1.82, 2.24) is 9.97 Å². The van der Waals surface area contributed by atoms with Crippen molar-refractivity contribution in [3.63, 3.8) is 0 Å². The average molecular weight is 282 g/mol. The average Bonchev–Trinajstić information content (AvgIpc) is 3.24. The van der Waals surface area contributed by atoms with Crippen LogP contribution >= 0.6 is 23.4 Å². The molecule has 0 saturated heterocycles. The fourth-order valence-electron chi connectivity index (χ4n) is 2.59. The first-order valence-corrected chi connectivity index (χ1v) is 8.13. The van der Waals surface area contributed by atoms with Gasteiger partial charge in [0, 0.05) is 24.8 Å². The zero-order valence-corrected chi connectivity index (χ0v) is 11.8. The molecule has 0 atom stereocenters. The molecule has 96 valence electrons. The van der Waals surface area contributed by atoms with Crippen LogP contribution in [0.4, 0.5) is 5.82 Å². The Bertz CT molecular complexity index is 485. The molecule has 0 N–H and O–H groups in total. The molecule has 4 rings (SSSR count). The van der Waals surface area contributed by atoms with Gasteiger partial charge in [0.2, 0.25) is 5.28 Å². The van der Waals surface area contributed by atoms with Crippen molar-refractivity contribution in [1.29, 1.82) is 0 Å². The van der Waals surface area contributed by atoms with Crippen LogP contribution in [0.1, 0.15) is 31.4 Å². The monoisotopic (exact) mass is 281 g/mol. The summed E-state index contributed by atoms with van der Waals surface area (Å²) in [4.78, 5) is 12.7. The molecular weight excluding hydrogens is 266 g/mol. The maximum atomic E-state index is 6.09. The van der Waals surface area contributed by atoms with Crippen LogP contribution in [0.15, 0.2) is 4.90 Å². The Morgan fingerprint density at radius 3 is 2.78 bits per heavy atom. The van der Waals surface area contributed by atoms with Crippen molar-refractivity contribution < 1.29 is 0 Å². The van der Waals surface area contributed by atoms with Crippen LogP contribution < -0.4 is 4.90 Å². The van der Waals surface area contributed by atoms with Gasteiger partial charge in [-0.05, 0) is 43.2 Å². The van der Waals surface area contributed by atoms with E-state index >= 15 is 0 Å². The van der Waals surface area contributed by atoms with Crippen LogP contribution in [0.25, 0.3) is 0 Å². The summed E-state index contributed by atoms with van der Waals surface area (Å²) in [5.74, 6) is 3.14. The largest absolute Gasteiger partial charge is 0.352 e. The van der Waals surface area contributed by atoms with Gasteiger partial charge in [-0.2, -0.15) is 4.98 Å². The highest BCUT2D eigenvalue weighted by atomic mass is 35.5. The smallest absolute Gasteiger partial charge is 0.224 e. The van der Waals surface area contributed by atoms with Crippen LogP contribution in [-0.4, -0.2) is 28.3 Å². The van der Waals surface area contributed by atoms with Gasteiger partial charge in [0.15, 0.2) is 0 Å². The predicted molar refractivity (Wildman–Crippen MR) is 74.6 cm³/mol. The van der Waals surface area contributed by atoms with E-state index in [1.165, 1.54) is 37.1 Å². The van der Waals surface area contributed by atoms with Gasteiger partial charge >= 0.3 is 0 Å². The molecule has 1 aliphatic heterocycles. The van der Waals surface area contributed by atoms with E-state index in [2.05, 4.69) is 14.9 Å². The van der Waals surface area contributed by atoms with Crippen molar-refractivity contribution in [3.05, 3.63) is 11.0 Å². The minimum atomic E-state index is 0.424. The van der Waals surface area contributed by atoms with Crippen LogP contribution in [0.5, 0.6) is 0 Å². The van der Waals surface area contributed by atoms with E-state index in [4.69, 9.17) is 11.6 Å². The first-order chi connectivity index (χ1) is 8.81. The Morgan fingerprint density at radius 1 is 1.22 bits per heavy atom. The van der Waals surface area contributed by atoms with E-state index in [1.54, 1.807) is 0 Å². The SMILES string of the molecule is Clc1nc2c(c(N(CC3CC3)C3CC3)n1)SCC2. The van der Waals surface area contributed by atoms with Gasteiger partial charge in [0.1, 0.15) is 5.82 Å². The van der Waals surface area contributed by atoms with Gasteiger partial charge in [-0.1, -0.05) is 0 Å². The highest BCUT2D eigenvalue weighted by molar-refractivity contribution is 7.99. The molecule has 1 aromatic heterocycles. The molecule has 2 heterocycles. The van der Waals surface area contributed by atoms with Crippen LogP contribution in [0.3, 0.4) is 0 Å². The molecule has 0 radical (unpaired) electrons. The molecule has 3 aliphatic rings. The molecule has 2 aliphatic carbocycles. The van der Waals surface area contributed by atoms with E-state index in [0.717, 1.165) is 29.6 Å². The van der Waals surface area contributed by atoms with Crippen molar-refractivity contribution in [2.45, 2.75) is 43.0 Å². The Labute approximate surface area is 116 Å². The Kier molecular flexibility index (Phi) is 2.69. The molecule has 0 spiro atoms. The van der Waals surface area contributed by atoms with E-state index in [0.29, 0.717) is 11.3 Å².